The fourth-order valence-corrected chi connectivity index (χ4v) is 2.44. The minimum Gasteiger partial charge on any atom is -0.330 e. The molecule has 2 saturated carbocycles. The Labute approximate surface area is 77.7 Å². The van der Waals surface area contributed by atoms with Gasteiger partial charge in [-0.1, -0.05) is 0 Å². The maximum absolute atomic E-state index is 13.3. The fraction of sp³-hybridized carbons (Fsp3) is 1.00. The SMILES string of the molecule is NCC1(CC2CCCC2(F)F)CC1. The van der Waals surface area contributed by atoms with Gasteiger partial charge >= 0.3 is 0 Å². The van der Waals surface area contributed by atoms with Crippen molar-refractivity contribution in [2.75, 3.05) is 6.54 Å². The van der Waals surface area contributed by atoms with Crippen molar-refractivity contribution < 1.29 is 8.78 Å². The van der Waals surface area contributed by atoms with Gasteiger partial charge in [0.1, 0.15) is 0 Å². The van der Waals surface area contributed by atoms with Crippen LogP contribution in [-0.4, -0.2) is 12.5 Å². The van der Waals surface area contributed by atoms with Gasteiger partial charge in [-0.05, 0) is 44.1 Å². The molecule has 0 radical (unpaired) electrons. The molecule has 1 atom stereocenters. The summed E-state index contributed by atoms with van der Waals surface area (Å²) in [5.74, 6) is -2.77. The number of alkyl halides is 2. The molecular weight excluding hydrogens is 172 g/mol. The molecule has 0 spiro atoms. The molecular formula is C10H17F2N. The van der Waals surface area contributed by atoms with Crippen molar-refractivity contribution in [2.45, 2.75) is 44.4 Å². The first-order valence-corrected chi connectivity index (χ1v) is 5.16. The fourth-order valence-electron chi connectivity index (χ4n) is 2.44. The van der Waals surface area contributed by atoms with E-state index in [4.69, 9.17) is 5.73 Å². The average Bonchev–Trinajstić information content (AvgIpc) is 2.76. The highest BCUT2D eigenvalue weighted by atomic mass is 19.3. The molecule has 2 aliphatic carbocycles. The third kappa shape index (κ3) is 1.71. The zero-order chi connectivity index (χ0) is 9.53. The summed E-state index contributed by atoms with van der Waals surface area (Å²) in [5.41, 5.74) is 5.70. The molecule has 13 heavy (non-hydrogen) atoms. The van der Waals surface area contributed by atoms with Gasteiger partial charge in [0.25, 0.3) is 5.92 Å². The van der Waals surface area contributed by atoms with E-state index < -0.39 is 5.92 Å². The van der Waals surface area contributed by atoms with Crippen molar-refractivity contribution in [1.29, 1.82) is 0 Å². The van der Waals surface area contributed by atoms with Crippen molar-refractivity contribution >= 4 is 0 Å². The standard InChI is InChI=1S/C10H17F2N/c11-10(12)3-1-2-8(10)6-9(7-13)4-5-9/h8H,1-7,13H2. The second-order valence-corrected chi connectivity index (χ2v) is 4.76. The maximum atomic E-state index is 13.3. The van der Waals surface area contributed by atoms with Crippen molar-refractivity contribution in [3.8, 4) is 0 Å². The van der Waals surface area contributed by atoms with Crippen molar-refractivity contribution in [3.63, 3.8) is 0 Å². The van der Waals surface area contributed by atoms with Crippen LogP contribution in [0.25, 0.3) is 0 Å². The Morgan fingerprint density at radius 1 is 1.23 bits per heavy atom. The van der Waals surface area contributed by atoms with Crippen LogP contribution in [0.4, 0.5) is 8.78 Å². The summed E-state index contributed by atoms with van der Waals surface area (Å²) in [6.07, 6.45) is 4.29. The molecule has 2 fully saturated rings. The van der Waals surface area contributed by atoms with Gasteiger partial charge in [0, 0.05) is 12.3 Å². The van der Waals surface area contributed by atoms with Crippen LogP contribution in [0.2, 0.25) is 0 Å². The van der Waals surface area contributed by atoms with Crippen LogP contribution in [0.15, 0.2) is 0 Å². The molecule has 1 unspecified atom stereocenters. The van der Waals surface area contributed by atoms with Crippen molar-refractivity contribution in [3.05, 3.63) is 0 Å². The van der Waals surface area contributed by atoms with E-state index in [2.05, 4.69) is 0 Å². The van der Waals surface area contributed by atoms with Gasteiger partial charge < -0.3 is 5.73 Å². The molecule has 2 rings (SSSR count). The zero-order valence-electron chi connectivity index (χ0n) is 7.86. The highest BCUT2D eigenvalue weighted by Crippen LogP contribution is 2.55. The van der Waals surface area contributed by atoms with E-state index in [-0.39, 0.29) is 17.8 Å². The molecule has 0 aromatic carbocycles. The summed E-state index contributed by atoms with van der Waals surface area (Å²) in [5, 5.41) is 0. The number of hydrogen-bond donors (Lipinski definition) is 1. The Morgan fingerprint density at radius 2 is 1.92 bits per heavy atom. The Balaban J connectivity index is 1.94. The molecule has 0 aromatic rings. The second-order valence-electron chi connectivity index (χ2n) is 4.76. The van der Waals surface area contributed by atoms with Gasteiger partial charge in [-0.2, -0.15) is 0 Å². The van der Waals surface area contributed by atoms with Crippen LogP contribution in [-0.2, 0) is 0 Å². The van der Waals surface area contributed by atoms with E-state index in [0.717, 1.165) is 12.8 Å². The van der Waals surface area contributed by atoms with Gasteiger partial charge in [-0.15, -0.1) is 0 Å². The van der Waals surface area contributed by atoms with E-state index in [1.54, 1.807) is 0 Å². The smallest absolute Gasteiger partial charge is 0.250 e. The van der Waals surface area contributed by atoms with Crippen LogP contribution in [0, 0.1) is 11.3 Å². The highest BCUT2D eigenvalue weighted by Gasteiger charge is 2.51. The molecule has 0 aromatic heterocycles. The van der Waals surface area contributed by atoms with E-state index in [1.165, 1.54) is 0 Å². The lowest BCUT2D eigenvalue weighted by atomic mass is 9.89. The van der Waals surface area contributed by atoms with Crippen LogP contribution in [0.5, 0.6) is 0 Å². The van der Waals surface area contributed by atoms with Crippen LogP contribution in [0.1, 0.15) is 38.5 Å². The summed E-state index contributed by atoms with van der Waals surface area (Å²) < 4.78 is 26.5. The summed E-state index contributed by atoms with van der Waals surface area (Å²) in [7, 11) is 0. The van der Waals surface area contributed by atoms with Gasteiger partial charge in [-0.3, -0.25) is 0 Å². The minimum atomic E-state index is -2.40. The van der Waals surface area contributed by atoms with Crippen molar-refractivity contribution in [1.82, 2.24) is 0 Å². The predicted octanol–water partition coefficient (Wildman–Crippen LogP) is 2.55. The predicted molar refractivity (Wildman–Crippen MR) is 47.6 cm³/mol. The molecule has 0 saturated heterocycles. The number of rotatable bonds is 3. The topological polar surface area (TPSA) is 26.0 Å². The summed E-state index contributed by atoms with van der Waals surface area (Å²) in [6, 6.07) is 0. The lowest BCUT2D eigenvalue weighted by molar-refractivity contribution is -0.0456. The number of nitrogens with two attached hydrogens (primary N) is 1. The van der Waals surface area contributed by atoms with Gasteiger partial charge in [0.2, 0.25) is 0 Å². The van der Waals surface area contributed by atoms with Gasteiger partial charge in [0.05, 0.1) is 0 Å². The van der Waals surface area contributed by atoms with Crippen LogP contribution in [0.3, 0.4) is 0 Å². The molecule has 0 heterocycles. The first-order valence-electron chi connectivity index (χ1n) is 5.16. The minimum absolute atomic E-state index is 0.0956. The first kappa shape index (κ1) is 9.38. The zero-order valence-corrected chi connectivity index (χ0v) is 7.86. The summed E-state index contributed by atoms with van der Waals surface area (Å²) >= 11 is 0. The van der Waals surface area contributed by atoms with Crippen LogP contribution >= 0.6 is 0 Å². The maximum Gasteiger partial charge on any atom is 0.250 e. The van der Waals surface area contributed by atoms with E-state index >= 15 is 0 Å². The van der Waals surface area contributed by atoms with Gasteiger partial charge in [-0.25, -0.2) is 8.78 Å². The molecule has 0 bridgehead atoms. The second kappa shape index (κ2) is 2.91. The lowest BCUT2D eigenvalue weighted by Gasteiger charge is -2.23. The quantitative estimate of drug-likeness (QED) is 0.725. The molecule has 1 nitrogen and oxygen atoms in total. The molecule has 3 heteroatoms. The summed E-state index contributed by atoms with van der Waals surface area (Å²) in [6.45, 7) is 0.597. The van der Waals surface area contributed by atoms with Crippen molar-refractivity contribution in [2.24, 2.45) is 17.1 Å². The monoisotopic (exact) mass is 189 g/mol. The van der Waals surface area contributed by atoms with Gasteiger partial charge in [0.15, 0.2) is 0 Å². The molecule has 2 N–H and O–H groups in total. The Hall–Kier alpha value is -0.180. The third-order valence-electron chi connectivity index (χ3n) is 3.73. The first-order chi connectivity index (χ1) is 6.08. The Kier molecular flexibility index (Phi) is 2.10. The van der Waals surface area contributed by atoms with E-state index in [1.807, 2.05) is 0 Å². The molecule has 76 valence electrons. The third-order valence-corrected chi connectivity index (χ3v) is 3.73. The molecule has 0 amide bonds. The molecule has 0 aliphatic heterocycles. The van der Waals surface area contributed by atoms with E-state index in [0.29, 0.717) is 25.8 Å². The lowest BCUT2D eigenvalue weighted by Crippen LogP contribution is -2.27. The van der Waals surface area contributed by atoms with E-state index in [9.17, 15) is 8.78 Å². The normalized spacial score (nSPS) is 34.8. The number of halogens is 2. The Morgan fingerprint density at radius 3 is 2.31 bits per heavy atom. The average molecular weight is 189 g/mol. The largest absolute Gasteiger partial charge is 0.330 e. The summed E-state index contributed by atoms with van der Waals surface area (Å²) in [4.78, 5) is 0. The number of hydrogen-bond acceptors (Lipinski definition) is 1. The Bertz CT molecular complexity index is 199. The highest BCUT2D eigenvalue weighted by molar-refractivity contribution is 4.99. The molecule has 2 aliphatic rings. The van der Waals surface area contributed by atoms with Crippen LogP contribution < -0.4 is 5.73 Å².